The van der Waals surface area contributed by atoms with E-state index in [1.807, 2.05) is 0 Å². The van der Waals surface area contributed by atoms with Crippen LogP contribution in [0.5, 0.6) is 0 Å². The number of aromatic amines is 1. The van der Waals surface area contributed by atoms with Crippen LogP contribution in [0.25, 0.3) is 10.9 Å². The Morgan fingerprint density at radius 1 is 1.32 bits per heavy atom. The van der Waals surface area contributed by atoms with Crippen molar-refractivity contribution in [2.45, 2.75) is 12.5 Å². The predicted octanol–water partition coefficient (Wildman–Crippen LogP) is 0.297. The smallest absolute Gasteiger partial charge is 0.320 e. The summed E-state index contributed by atoms with van der Waals surface area (Å²) in [6, 6.07) is 6.05. The van der Waals surface area contributed by atoms with Crippen LogP contribution in [0.3, 0.4) is 0 Å². The third kappa shape index (κ3) is 2.49. The number of fused-ring (bicyclic) bond motifs is 1. The van der Waals surface area contributed by atoms with Crippen molar-refractivity contribution in [3.8, 4) is 0 Å². The first-order valence-electron chi connectivity index (χ1n) is 5.76. The lowest BCUT2D eigenvalue weighted by atomic mass is 10.0. The molecule has 2 rings (SSSR count). The Bertz CT molecular complexity index is 633. The zero-order valence-corrected chi connectivity index (χ0v) is 10.1. The maximum Gasteiger partial charge on any atom is 0.320 e. The average molecular weight is 262 g/mol. The summed E-state index contributed by atoms with van der Waals surface area (Å²) in [5.41, 5.74) is 6.99. The van der Waals surface area contributed by atoms with Crippen molar-refractivity contribution >= 4 is 22.7 Å². The number of carbonyl (C=O) groups excluding carboxylic acids is 1. The SMILES string of the molecule is NC(Cc1c(C(=O)CO)[nH]c2ccccc12)C(=O)O. The van der Waals surface area contributed by atoms with Crippen molar-refractivity contribution in [2.75, 3.05) is 6.61 Å². The van der Waals surface area contributed by atoms with Crippen molar-refractivity contribution in [3.05, 3.63) is 35.5 Å². The van der Waals surface area contributed by atoms with Crippen LogP contribution in [0.15, 0.2) is 24.3 Å². The Kier molecular flexibility index (Phi) is 3.64. The molecular weight excluding hydrogens is 248 g/mol. The van der Waals surface area contributed by atoms with E-state index < -0.39 is 24.4 Å². The van der Waals surface area contributed by atoms with Gasteiger partial charge in [0.1, 0.15) is 12.6 Å². The van der Waals surface area contributed by atoms with Gasteiger partial charge < -0.3 is 20.9 Å². The molecule has 6 nitrogen and oxygen atoms in total. The second kappa shape index (κ2) is 5.21. The van der Waals surface area contributed by atoms with Gasteiger partial charge in [-0.1, -0.05) is 18.2 Å². The van der Waals surface area contributed by atoms with Crippen LogP contribution in [0, 0.1) is 0 Å². The van der Waals surface area contributed by atoms with Crippen molar-refractivity contribution in [1.29, 1.82) is 0 Å². The lowest BCUT2D eigenvalue weighted by Gasteiger charge is -2.07. The summed E-state index contributed by atoms with van der Waals surface area (Å²) in [5.74, 6) is -1.61. The molecule has 0 aliphatic rings. The standard InChI is InChI=1S/C13H14N2O4/c14-9(13(18)19)5-8-7-3-1-2-4-10(7)15-12(8)11(17)6-16/h1-4,9,15-16H,5-6,14H2,(H,18,19). The molecule has 1 heterocycles. The van der Waals surface area contributed by atoms with Crippen LogP contribution < -0.4 is 5.73 Å². The van der Waals surface area contributed by atoms with E-state index >= 15 is 0 Å². The van der Waals surface area contributed by atoms with E-state index in [4.69, 9.17) is 15.9 Å². The van der Waals surface area contributed by atoms with Gasteiger partial charge in [-0.3, -0.25) is 9.59 Å². The van der Waals surface area contributed by atoms with Crippen LogP contribution in [-0.4, -0.2) is 39.6 Å². The second-order valence-electron chi connectivity index (χ2n) is 4.25. The number of para-hydroxylation sites is 1. The highest BCUT2D eigenvalue weighted by atomic mass is 16.4. The number of nitrogens with one attached hydrogen (secondary N) is 1. The van der Waals surface area contributed by atoms with Crippen LogP contribution in [0.1, 0.15) is 16.1 Å². The van der Waals surface area contributed by atoms with E-state index in [0.29, 0.717) is 11.1 Å². The molecule has 0 saturated carbocycles. The second-order valence-corrected chi connectivity index (χ2v) is 4.25. The molecular formula is C13H14N2O4. The maximum absolute atomic E-state index is 11.7. The topological polar surface area (TPSA) is 116 Å². The zero-order valence-electron chi connectivity index (χ0n) is 10.1. The molecule has 1 aromatic heterocycles. The summed E-state index contributed by atoms with van der Waals surface area (Å²) in [7, 11) is 0. The fraction of sp³-hybridized carbons (Fsp3) is 0.231. The van der Waals surface area contributed by atoms with Gasteiger partial charge in [0, 0.05) is 17.3 Å². The highest BCUT2D eigenvalue weighted by Gasteiger charge is 2.21. The molecule has 1 aromatic carbocycles. The minimum atomic E-state index is -1.13. The summed E-state index contributed by atoms with van der Waals surface area (Å²) in [4.78, 5) is 25.4. The first kappa shape index (κ1) is 13.3. The van der Waals surface area contributed by atoms with Crippen LogP contribution in [-0.2, 0) is 11.2 Å². The number of aliphatic carboxylic acids is 1. The summed E-state index contributed by atoms with van der Waals surface area (Å²) in [6.45, 7) is -0.637. The van der Waals surface area contributed by atoms with Gasteiger partial charge >= 0.3 is 5.97 Å². The third-order valence-electron chi connectivity index (χ3n) is 2.98. The van der Waals surface area contributed by atoms with Crippen molar-refractivity contribution in [1.82, 2.24) is 4.98 Å². The quantitative estimate of drug-likeness (QED) is 0.578. The van der Waals surface area contributed by atoms with Gasteiger partial charge in [-0.05, 0) is 11.6 Å². The fourth-order valence-electron chi connectivity index (χ4n) is 2.04. The number of carboxylic acids is 1. The van der Waals surface area contributed by atoms with Gasteiger partial charge in [-0.25, -0.2) is 0 Å². The van der Waals surface area contributed by atoms with E-state index in [1.165, 1.54) is 0 Å². The molecule has 0 spiro atoms. The first-order chi connectivity index (χ1) is 9.04. The minimum Gasteiger partial charge on any atom is -0.480 e. The molecule has 0 fully saturated rings. The normalized spacial score (nSPS) is 12.5. The third-order valence-corrected chi connectivity index (χ3v) is 2.98. The Morgan fingerprint density at radius 3 is 2.63 bits per heavy atom. The van der Waals surface area contributed by atoms with Gasteiger partial charge in [-0.15, -0.1) is 0 Å². The van der Waals surface area contributed by atoms with Gasteiger partial charge in [-0.2, -0.15) is 0 Å². The number of ketones is 1. The van der Waals surface area contributed by atoms with E-state index in [2.05, 4.69) is 4.98 Å². The van der Waals surface area contributed by atoms with Crippen LogP contribution >= 0.6 is 0 Å². The predicted molar refractivity (Wildman–Crippen MR) is 69.0 cm³/mol. The molecule has 100 valence electrons. The van der Waals surface area contributed by atoms with Gasteiger partial charge in [0.25, 0.3) is 0 Å². The van der Waals surface area contributed by atoms with Gasteiger partial charge in [0.15, 0.2) is 0 Å². The summed E-state index contributed by atoms with van der Waals surface area (Å²) < 4.78 is 0. The molecule has 0 aliphatic carbocycles. The van der Waals surface area contributed by atoms with Crippen LogP contribution in [0.2, 0.25) is 0 Å². The maximum atomic E-state index is 11.7. The molecule has 6 heteroatoms. The molecule has 1 atom stereocenters. The van der Waals surface area contributed by atoms with Crippen LogP contribution in [0.4, 0.5) is 0 Å². The number of aliphatic hydroxyl groups excluding tert-OH is 1. The molecule has 0 aliphatic heterocycles. The Morgan fingerprint density at radius 2 is 2.00 bits per heavy atom. The summed E-state index contributed by atoms with van der Waals surface area (Å²) >= 11 is 0. The minimum absolute atomic E-state index is 0.0282. The number of nitrogens with two attached hydrogens (primary N) is 1. The number of aliphatic hydroxyl groups is 1. The Hall–Kier alpha value is -2.18. The average Bonchev–Trinajstić information content (AvgIpc) is 2.77. The number of aromatic nitrogens is 1. The highest BCUT2D eigenvalue weighted by Crippen LogP contribution is 2.24. The number of hydrogen-bond donors (Lipinski definition) is 4. The Balaban J connectivity index is 2.54. The van der Waals surface area contributed by atoms with E-state index in [1.54, 1.807) is 24.3 Å². The van der Waals surface area contributed by atoms with Crippen molar-refractivity contribution in [2.24, 2.45) is 5.73 Å². The van der Waals surface area contributed by atoms with Crippen molar-refractivity contribution < 1.29 is 19.8 Å². The number of rotatable bonds is 5. The lowest BCUT2D eigenvalue weighted by Crippen LogP contribution is -2.32. The number of carbonyl (C=O) groups is 2. The zero-order chi connectivity index (χ0) is 14.0. The molecule has 0 bridgehead atoms. The number of benzene rings is 1. The van der Waals surface area contributed by atoms with E-state index in [9.17, 15) is 9.59 Å². The Labute approximate surface area is 108 Å². The molecule has 0 saturated heterocycles. The lowest BCUT2D eigenvalue weighted by molar-refractivity contribution is -0.138. The number of H-pyrrole nitrogens is 1. The van der Waals surface area contributed by atoms with Crippen molar-refractivity contribution in [3.63, 3.8) is 0 Å². The molecule has 0 amide bonds. The van der Waals surface area contributed by atoms with E-state index in [0.717, 1.165) is 5.39 Å². The molecule has 1 unspecified atom stereocenters. The number of hydrogen-bond acceptors (Lipinski definition) is 4. The van der Waals surface area contributed by atoms with Gasteiger partial charge in [0.2, 0.25) is 5.78 Å². The monoisotopic (exact) mass is 262 g/mol. The number of carboxylic acid groups (broad SMARTS) is 1. The summed E-state index contributed by atoms with van der Waals surface area (Å²) in [6.07, 6.45) is 0.0282. The first-order valence-corrected chi connectivity index (χ1v) is 5.76. The molecule has 2 aromatic rings. The molecule has 0 radical (unpaired) electrons. The molecule has 19 heavy (non-hydrogen) atoms. The number of Topliss-reactive ketones (excluding diaryl/α,β-unsaturated/α-hetero) is 1. The molecule has 5 N–H and O–H groups in total. The highest BCUT2D eigenvalue weighted by molar-refractivity contribution is 6.03. The van der Waals surface area contributed by atoms with E-state index in [-0.39, 0.29) is 12.1 Å². The fourth-order valence-corrected chi connectivity index (χ4v) is 2.04. The van der Waals surface area contributed by atoms with Gasteiger partial charge in [0.05, 0.1) is 5.69 Å². The summed E-state index contributed by atoms with van der Waals surface area (Å²) in [5, 5.41) is 18.6. The largest absolute Gasteiger partial charge is 0.480 e.